The van der Waals surface area contributed by atoms with Crippen molar-refractivity contribution in [2.45, 2.75) is 31.3 Å². The van der Waals surface area contributed by atoms with Crippen molar-refractivity contribution >= 4 is 5.97 Å². The molecular formula is C12H13F2NO2. The van der Waals surface area contributed by atoms with E-state index in [4.69, 9.17) is 5.11 Å². The quantitative estimate of drug-likeness (QED) is 0.847. The lowest BCUT2D eigenvalue weighted by atomic mass is 10.0. The maximum atomic E-state index is 13.4. The average molecular weight is 241 g/mol. The van der Waals surface area contributed by atoms with Crippen molar-refractivity contribution in [2.75, 3.05) is 0 Å². The summed E-state index contributed by atoms with van der Waals surface area (Å²) in [6, 6.07) is 2.64. The van der Waals surface area contributed by atoms with Crippen LogP contribution in [-0.2, 0) is 11.2 Å². The predicted octanol–water partition coefficient (Wildman–Crippen LogP) is 1.71. The van der Waals surface area contributed by atoms with Crippen LogP contribution in [0.2, 0.25) is 0 Å². The molecule has 0 saturated carbocycles. The topological polar surface area (TPSA) is 49.3 Å². The molecule has 0 aromatic heterocycles. The fraction of sp³-hybridized carbons (Fsp3) is 0.417. The zero-order valence-corrected chi connectivity index (χ0v) is 9.12. The first kappa shape index (κ1) is 12.0. The fourth-order valence-corrected chi connectivity index (χ4v) is 2.14. The van der Waals surface area contributed by atoms with Crippen molar-refractivity contribution in [3.8, 4) is 0 Å². The maximum absolute atomic E-state index is 13.4. The monoisotopic (exact) mass is 241 g/mol. The van der Waals surface area contributed by atoms with Gasteiger partial charge in [0, 0.05) is 6.04 Å². The van der Waals surface area contributed by atoms with E-state index < -0.39 is 23.6 Å². The van der Waals surface area contributed by atoms with Crippen LogP contribution in [0.25, 0.3) is 0 Å². The van der Waals surface area contributed by atoms with Gasteiger partial charge in [0.05, 0.1) is 0 Å². The summed E-state index contributed by atoms with van der Waals surface area (Å²) in [4.78, 5) is 10.7. The Hall–Kier alpha value is -1.49. The lowest BCUT2D eigenvalue weighted by Crippen LogP contribution is -2.36. The van der Waals surface area contributed by atoms with Crippen LogP contribution < -0.4 is 5.32 Å². The minimum absolute atomic E-state index is 0.104. The highest BCUT2D eigenvalue weighted by molar-refractivity contribution is 5.73. The zero-order valence-electron chi connectivity index (χ0n) is 9.12. The largest absolute Gasteiger partial charge is 0.480 e. The van der Waals surface area contributed by atoms with E-state index in [1.165, 1.54) is 0 Å². The minimum Gasteiger partial charge on any atom is -0.480 e. The molecule has 2 rings (SSSR count). The first-order valence-electron chi connectivity index (χ1n) is 5.49. The molecule has 1 aromatic carbocycles. The van der Waals surface area contributed by atoms with Crippen molar-refractivity contribution in [2.24, 2.45) is 0 Å². The number of benzene rings is 1. The average Bonchev–Trinajstić information content (AvgIpc) is 2.72. The number of carboxylic acids is 1. The van der Waals surface area contributed by atoms with Crippen molar-refractivity contribution < 1.29 is 18.7 Å². The highest BCUT2D eigenvalue weighted by Gasteiger charge is 2.29. The molecule has 1 heterocycles. The number of carboxylic acid groups (broad SMARTS) is 1. The number of halogens is 2. The molecule has 1 fully saturated rings. The van der Waals surface area contributed by atoms with Gasteiger partial charge in [0.1, 0.15) is 17.7 Å². The third-order valence-corrected chi connectivity index (χ3v) is 3.01. The van der Waals surface area contributed by atoms with Gasteiger partial charge in [-0.15, -0.1) is 0 Å². The highest BCUT2D eigenvalue weighted by Crippen LogP contribution is 2.19. The van der Waals surface area contributed by atoms with Gasteiger partial charge >= 0.3 is 5.97 Å². The SMILES string of the molecule is O=C(O)C1CCC(Cc2cc(F)ccc2F)N1. The lowest BCUT2D eigenvalue weighted by Gasteiger charge is -2.12. The first-order valence-corrected chi connectivity index (χ1v) is 5.49. The summed E-state index contributed by atoms with van der Waals surface area (Å²) >= 11 is 0. The molecule has 0 aliphatic carbocycles. The Labute approximate surface area is 97.5 Å². The van der Waals surface area contributed by atoms with Gasteiger partial charge in [0.2, 0.25) is 0 Å². The Balaban J connectivity index is 2.02. The molecule has 1 saturated heterocycles. The summed E-state index contributed by atoms with van der Waals surface area (Å²) in [7, 11) is 0. The lowest BCUT2D eigenvalue weighted by molar-refractivity contribution is -0.139. The standard InChI is InChI=1S/C12H13F2NO2/c13-8-1-3-10(14)7(5-8)6-9-2-4-11(15-9)12(16)17/h1,3,5,9,11,15H,2,4,6H2,(H,16,17). The van der Waals surface area contributed by atoms with E-state index in [2.05, 4.69) is 5.32 Å². The second-order valence-corrected chi connectivity index (χ2v) is 4.27. The van der Waals surface area contributed by atoms with Crippen LogP contribution >= 0.6 is 0 Å². The predicted molar refractivity (Wildman–Crippen MR) is 57.6 cm³/mol. The fourth-order valence-electron chi connectivity index (χ4n) is 2.14. The van der Waals surface area contributed by atoms with Crippen LogP contribution in [0.1, 0.15) is 18.4 Å². The van der Waals surface area contributed by atoms with E-state index in [1.807, 2.05) is 0 Å². The van der Waals surface area contributed by atoms with Gasteiger partial charge in [-0.25, -0.2) is 8.78 Å². The van der Waals surface area contributed by atoms with E-state index in [1.54, 1.807) is 0 Å². The van der Waals surface area contributed by atoms with Crippen molar-refractivity contribution in [1.29, 1.82) is 0 Å². The van der Waals surface area contributed by atoms with Crippen molar-refractivity contribution in [1.82, 2.24) is 5.32 Å². The number of carbonyl (C=O) groups is 1. The molecule has 0 spiro atoms. The van der Waals surface area contributed by atoms with Gasteiger partial charge in [-0.3, -0.25) is 4.79 Å². The molecule has 0 radical (unpaired) electrons. The van der Waals surface area contributed by atoms with Crippen LogP contribution in [0.5, 0.6) is 0 Å². The van der Waals surface area contributed by atoms with Gasteiger partial charge in [-0.05, 0) is 43.0 Å². The Morgan fingerprint density at radius 1 is 1.41 bits per heavy atom. The molecule has 1 aliphatic heterocycles. The molecule has 2 unspecified atom stereocenters. The van der Waals surface area contributed by atoms with E-state index in [0.717, 1.165) is 18.2 Å². The third kappa shape index (κ3) is 2.79. The van der Waals surface area contributed by atoms with E-state index in [9.17, 15) is 13.6 Å². The summed E-state index contributed by atoms with van der Waals surface area (Å²) in [6.45, 7) is 0. The second-order valence-electron chi connectivity index (χ2n) is 4.27. The summed E-state index contributed by atoms with van der Waals surface area (Å²) in [5.41, 5.74) is 0.286. The first-order chi connectivity index (χ1) is 8.06. The minimum atomic E-state index is -0.896. The number of rotatable bonds is 3. The van der Waals surface area contributed by atoms with Crippen LogP contribution in [0, 0.1) is 11.6 Å². The number of hydrogen-bond donors (Lipinski definition) is 2. The van der Waals surface area contributed by atoms with Crippen molar-refractivity contribution in [3.05, 3.63) is 35.4 Å². The molecule has 1 aromatic rings. The van der Waals surface area contributed by atoms with Gasteiger partial charge in [0.15, 0.2) is 0 Å². The summed E-state index contributed by atoms with van der Waals surface area (Å²) in [5.74, 6) is -1.83. The molecule has 2 atom stereocenters. The van der Waals surface area contributed by atoms with Crippen molar-refractivity contribution in [3.63, 3.8) is 0 Å². The smallest absolute Gasteiger partial charge is 0.320 e. The molecule has 1 aliphatic rings. The summed E-state index contributed by atoms with van der Waals surface area (Å²) in [5, 5.41) is 11.7. The Morgan fingerprint density at radius 2 is 2.18 bits per heavy atom. The number of aliphatic carboxylic acids is 1. The molecular weight excluding hydrogens is 228 g/mol. The highest BCUT2D eigenvalue weighted by atomic mass is 19.1. The van der Waals surface area contributed by atoms with Crippen LogP contribution in [0.3, 0.4) is 0 Å². The number of nitrogens with one attached hydrogen (secondary N) is 1. The van der Waals surface area contributed by atoms with E-state index in [0.29, 0.717) is 19.3 Å². The molecule has 0 bridgehead atoms. The van der Waals surface area contributed by atoms with Gasteiger partial charge in [0.25, 0.3) is 0 Å². The van der Waals surface area contributed by atoms with Crippen LogP contribution in [-0.4, -0.2) is 23.2 Å². The Kier molecular flexibility index (Phi) is 3.38. The molecule has 17 heavy (non-hydrogen) atoms. The van der Waals surface area contributed by atoms with Crippen LogP contribution in [0.15, 0.2) is 18.2 Å². The van der Waals surface area contributed by atoms with Gasteiger partial charge < -0.3 is 10.4 Å². The van der Waals surface area contributed by atoms with Gasteiger partial charge in [-0.2, -0.15) is 0 Å². The zero-order chi connectivity index (χ0) is 12.4. The second kappa shape index (κ2) is 4.79. The molecule has 2 N–H and O–H groups in total. The molecule has 0 amide bonds. The van der Waals surface area contributed by atoms with Crippen LogP contribution in [0.4, 0.5) is 8.78 Å². The summed E-state index contributed by atoms with van der Waals surface area (Å²) < 4.78 is 26.3. The molecule has 5 heteroatoms. The van der Waals surface area contributed by atoms with E-state index >= 15 is 0 Å². The normalized spacial score (nSPS) is 23.9. The third-order valence-electron chi connectivity index (χ3n) is 3.01. The molecule has 92 valence electrons. The van der Waals surface area contributed by atoms with Gasteiger partial charge in [-0.1, -0.05) is 0 Å². The Morgan fingerprint density at radius 3 is 2.82 bits per heavy atom. The maximum Gasteiger partial charge on any atom is 0.320 e. The van der Waals surface area contributed by atoms with E-state index in [-0.39, 0.29) is 11.6 Å². The molecule has 3 nitrogen and oxygen atoms in total. The number of hydrogen-bond acceptors (Lipinski definition) is 2. The Bertz CT molecular complexity index is 437. The summed E-state index contributed by atoms with van der Waals surface area (Å²) in [6.07, 6.45) is 1.50.